The summed E-state index contributed by atoms with van der Waals surface area (Å²) in [5, 5.41) is 14.5. The maximum Gasteiger partial charge on any atom is 0.412 e. The minimum Gasteiger partial charge on any atom is -0.491 e. The Bertz CT molecular complexity index is 1190. The summed E-state index contributed by atoms with van der Waals surface area (Å²) in [6.07, 6.45) is 0.410. The van der Waals surface area contributed by atoms with Gasteiger partial charge in [0.25, 0.3) is 0 Å². The Morgan fingerprint density at radius 3 is 2.49 bits per heavy atom. The maximum atomic E-state index is 12.8. The fraction of sp³-hybridized carbons (Fsp3) is 0.214. The molecule has 9 nitrogen and oxygen atoms in total. The third kappa shape index (κ3) is 8.68. The number of nitrogens with two attached hydrogens (primary N) is 1. The zero-order chi connectivity index (χ0) is 26.5. The van der Waals surface area contributed by atoms with Crippen molar-refractivity contribution in [3.63, 3.8) is 0 Å². The number of amides is 2. The van der Waals surface area contributed by atoms with Crippen LogP contribution in [0.2, 0.25) is 0 Å². The highest BCUT2D eigenvalue weighted by Gasteiger charge is 2.27. The van der Waals surface area contributed by atoms with Crippen LogP contribution in [0.5, 0.6) is 5.75 Å². The number of benzene rings is 3. The fourth-order valence-electron chi connectivity index (χ4n) is 3.46. The summed E-state index contributed by atoms with van der Waals surface area (Å²) in [6, 6.07) is 22.7. The quantitative estimate of drug-likeness (QED) is 0.210. The van der Waals surface area contributed by atoms with E-state index in [0.29, 0.717) is 35.0 Å². The molecule has 0 saturated heterocycles. The van der Waals surface area contributed by atoms with Crippen LogP contribution in [0.25, 0.3) is 0 Å². The number of nitrogen functional groups attached to an aromatic ring is 1. The van der Waals surface area contributed by atoms with Gasteiger partial charge in [-0.1, -0.05) is 42.5 Å². The molecular formula is C28H31N3O6. The monoisotopic (exact) mass is 505 g/mol. The summed E-state index contributed by atoms with van der Waals surface area (Å²) in [4.78, 5) is 25.4. The smallest absolute Gasteiger partial charge is 0.412 e. The second-order valence-electron chi connectivity index (χ2n) is 7.82. The minimum absolute atomic E-state index is 0.112. The van der Waals surface area contributed by atoms with Crippen LogP contribution in [0.4, 0.5) is 21.9 Å². The van der Waals surface area contributed by atoms with Crippen molar-refractivity contribution in [1.29, 1.82) is 0 Å². The highest BCUT2D eigenvalue weighted by molar-refractivity contribution is 6.01. The predicted octanol–water partition coefficient (Wildman–Crippen LogP) is 4.53. The van der Waals surface area contributed by atoms with Gasteiger partial charge in [-0.25, -0.2) is 4.79 Å². The summed E-state index contributed by atoms with van der Waals surface area (Å²) in [5.74, 6) is 0.0651. The van der Waals surface area contributed by atoms with Crippen LogP contribution in [0, 0.1) is 0 Å². The lowest BCUT2D eigenvalue weighted by Gasteiger charge is -2.25. The average Bonchev–Trinajstić information content (AvgIpc) is 2.90. The topological polar surface area (TPSA) is 132 Å². The normalized spacial score (nSPS) is 12.5. The lowest BCUT2D eigenvalue weighted by molar-refractivity contribution is -0.112. The summed E-state index contributed by atoms with van der Waals surface area (Å²) in [5.41, 5.74) is 7.97. The van der Waals surface area contributed by atoms with Gasteiger partial charge in [0.2, 0.25) is 5.91 Å². The SMILES string of the molecule is CCO[C@@H](/C=C/C(=O)Nc1ccccc1N)[C@@H](OC(=O)Nc1ccccc1)c1cccc(OCCO)c1. The molecule has 0 spiro atoms. The lowest BCUT2D eigenvalue weighted by atomic mass is 10.0. The Morgan fingerprint density at radius 1 is 1.00 bits per heavy atom. The number of rotatable bonds is 12. The molecule has 0 heterocycles. The molecule has 2 atom stereocenters. The van der Waals surface area contributed by atoms with E-state index >= 15 is 0 Å². The maximum absolute atomic E-state index is 12.8. The van der Waals surface area contributed by atoms with Crippen LogP contribution in [-0.4, -0.2) is 43.0 Å². The molecule has 0 fully saturated rings. The molecule has 0 aromatic heterocycles. The molecule has 0 aliphatic heterocycles. The van der Waals surface area contributed by atoms with Gasteiger partial charge in [0.05, 0.1) is 18.0 Å². The standard InChI is InChI=1S/C28H31N3O6/c1-2-35-25(15-16-26(33)31-24-14-7-6-13-23(24)29)27(20-9-8-12-22(19-20)36-18-17-32)37-28(34)30-21-10-4-3-5-11-21/h3-16,19,25,27,32H,2,17-18,29H2,1H3,(H,30,34)(H,31,33)/b16-15+/t25-,27-/m0/s1. The Balaban J connectivity index is 1.85. The van der Waals surface area contributed by atoms with E-state index in [1.54, 1.807) is 79.7 Å². The first-order valence-corrected chi connectivity index (χ1v) is 11.8. The minimum atomic E-state index is -0.924. The van der Waals surface area contributed by atoms with E-state index in [0.717, 1.165) is 0 Å². The summed E-state index contributed by atoms with van der Waals surface area (Å²) < 4.78 is 17.2. The molecule has 0 unspecified atom stereocenters. The van der Waals surface area contributed by atoms with Crippen LogP contribution < -0.4 is 21.1 Å². The number of hydrogen-bond donors (Lipinski definition) is 4. The van der Waals surface area contributed by atoms with Crippen LogP contribution in [0.15, 0.2) is 91.0 Å². The van der Waals surface area contributed by atoms with Gasteiger partial charge in [-0.2, -0.15) is 0 Å². The first-order chi connectivity index (χ1) is 18.0. The van der Waals surface area contributed by atoms with Gasteiger partial charge in [-0.15, -0.1) is 0 Å². The third-order valence-electron chi connectivity index (χ3n) is 5.11. The van der Waals surface area contributed by atoms with Gasteiger partial charge in [-0.3, -0.25) is 10.1 Å². The molecule has 0 saturated carbocycles. The highest BCUT2D eigenvalue weighted by Crippen LogP contribution is 2.29. The van der Waals surface area contributed by atoms with Gasteiger partial charge in [0.1, 0.15) is 18.5 Å². The summed E-state index contributed by atoms with van der Waals surface area (Å²) in [7, 11) is 0. The van der Waals surface area contributed by atoms with Crippen molar-refractivity contribution < 1.29 is 28.9 Å². The Kier molecular flexibility index (Phi) is 10.5. The number of hydrogen-bond acceptors (Lipinski definition) is 7. The Morgan fingerprint density at radius 2 is 1.76 bits per heavy atom. The van der Waals surface area contributed by atoms with E-state index in [9.17, 15) is 9.59 Å². The van der Waals surface area contributed by atoms with E-state index in [-0.39, 0.29) is 13.2 Å². The van der Waals surface area contributed by atoms with Gasteiger partial charge < -0.3 is 30.4 Å². The molecule has 3 aromatic carbocycles. The molecule has 5 N–H and O–H groups in total. The number of nitrogens with one attached hydrogen (secondary N) is 2. The molecule has 0 aliphatic rings. The third-order valence-corrected chi connectivity index (χ3v) is 5.11. The van der Waals surface area contributed by atoms with E-state index in [2.05, 4.69) is 10.6 Å². The average molecular weight is 506 g/mol. The van der Waals surface area contributed by atoms with Crippen molar-refractivity contribution in [3.05, 3.63) is 96.6 Å². The van der Waals surface area contributed by atoms with Crippen LogP contribution >= 0.6 is 0 Å². The lowest BCUT2D eigenvalue weighted by Crippen LogP contribution is -2.28. The molecular weight excluding hydrogens is 474 g/mol. The number of aliphatic hydroxyl groups excluding tert-OH is 1. The molecule has 0 aliphatic carbocycles. The zero-order valence-corrected chi connectivity index (χ0v) is 20.5. The first kappa shape index (κ1) is 27.3. The van der Waals surface area contributed by atoms with Gasteiger partial charge in [-0.05, 0) is 55.0 Å². The highest BCUT2D eigenvalue weighted by atomic mass is 16.6. The van der Waals surface area contributed by atoms with Crippen LogP contribution in [0.1, 0.15) is 18.6 Å². The van der Waals surface area contributed by atoms with E-state index in [1.165, 1.54) is 12.2 Å². The molecule has 37 heavy (non-hydrogen) atoms. The molecule has 3 rings (SSSR count). The van der Waals surface area contributed by atoms with E-state index < -0.39 is 24.2 Å². The second kappa shape index (κ2) is 14.3. The van der Waals surface area contributed by atoms with Crippen molar-refractivity contribution in [2.75, 3.05) is 36.2 Å². The fourth-order valence-corrected chi connectivity index (χ4v) is 3.46. The Hall–Kier alpha value is -4.34. The number of ether oxygens (including phenoxy) is 3. The van der Waals surface area contributed by atoms with Gasteiger partial charge in [0, 0.05) is 18.4 Å². The summed E-state index contributed by atoms with van der Waals surface area (Å²) in [6.45, 7) is 2.06. The van der Waals surface area contributed by atoms with E-state index in [1.807, 2.05) is 6.07 Å². The van der Waals surface area contributed by atoms with Crippen molar-refractivity contribution >= 4 is 29.1 Å². The molecule has 2 amide bonds. The number of para-hydroxylation sites is 3. The number of anilines is 3. The molecule has 0 bridgehead atoms. The Labute approximate surface area is 215 Å². The number of carbonyl (C=O) groups excluding carboxylic acids is 2. The summed E-state index contributed by atoms with van der Waals surface area (Å²) >= 11 is 0. The van der Waals surface area contributed by atoms with Crippen molar-refractivity contribution in [3.8, 4) is 5.75 Å². The van der Waals surface area contributed by atoms with E-state index in [4.69, 9.17) is 25.1 Å². The first-order valence-electron chi connectivity index (χ1n) is 11.8. The largest absolute Gasteiger partial charge is 0.491 e. The molecule has 194 valence electrons. The molecule has 9 heteroatoms. The van der Waals surface area contributed by atoms with Crippen LogP contribution in [-0.2, 0) is 14.3 Å². The zero-order valence-electron chi connectivity index (χ0n) is 20.5. The number of aliphatic hydroxyl groups is 1. The van der Waals surface area contributed by atoms with Gasteiger partial charge >= 0.3 is 6.09 Å². The van der Waals surface area contributed by atoms with Crippen LogP contribution in [0.3, 0.4) is 0 Å². The molecule has 3 aromatic rings. The predicted molar refractivity (Wildman–Crippen MR) is 142 cm³/mol. The number of carbonyl (C=O) groups is 2. The van der Waals surface area contributed by atoms with Gasteiger partial charge in [0.15, 0.2) is 6.10 Å². The van der Waals surface area contributed by atoms with Crippen molar-refractivity contribution in [2.24, 2.45) is 0 Å². The van der Waals surface area contributed by atoms with Crippen molar-refractivity contribution in [2.45, 2.75) is 19.1 Å². The molecule has 0 radical (unpaired) electrons. The second-order valence-corrected chi connectivity index (χ2v) is 7.82. The van der Waals surface area contributed by atoms with Crippen molar-refractivity contribution in [1.82, 2.24) is 0 Å².